The van der Waals surface area contributed by atoms with Crippen molar-refractivity contribution >= 4 is 16.9 Å². The predicted molar refractivity (Wildman–Crippen MR) is 104 cm³/mol. The number of benzene rings is 2. The molecule has 1 N–H and O–H groups in total. The highest BCUT2D eigenvalue weighted by Crippen LogP contribution is 2.35. The van der Waals surface area contributed by atoms with Gasteiger partial charge in [0.1, 0.15) is 5.75 Å². The van der Waals surface area contributed by atoms with Crippen molar-refractivity contribution in [1.82, 2.24) is 9.97 Å². The van der Waals surface area contributed by atoms with Crippen LogP contribution in [0.25, 0.3) is 22.0 Å². The Kier molecular flexibility index (Phi) is 4.88. The van der Waals surface area contributed by atoms with Crippen LogP contribution < -0.4 is 10.1 Å². The standard InChI is InChI=1S/C21H25N3O/c1-13(2)15(4)23-21-22-12-16-10-18(17-9-7-6-8-14(17)3)20(25-5)11-19(16)24-21/h6-13,15H,1-5H3,(H,22,23,24)/t15-/m0/s1. The van der Waals surface area contributed by atoms with E-state index in [0.717, 1.165) is 27.8 Å². The van der Waals surface area contributed by atoms with Crippen molar-refractivity contribution in [2.24, 2.45) is 5.92 Å². The molecule has 0 spiro atoms. The van der Waals surface area contributed by atoms with Gasteiger partial charge in [-0.2, -0.15) is 0 Å². The smallest absolute Gasteiger partial charge is 0.223 e. The van der Waals surface area contributed by atoms with Gasteiger partial charge in [0.15, 0.2) is 0 Å². The van der Waals surface area contributed by atoms with E-state index in [1.54, 1.807) is 7.11 Å². The molecule has 0 bridgehead atoms. The molecule has 25 heavy (non-hydrogen) atoms. The number of nitrogens with one attached hydrogen (secondary N) is 1. The third-order valence-electron chi connectivity index (χ3n) is 4.69. The molecule has 4 nitrogen and oxygen atoms in total. The van der Waals surface area contributed by atoms with Gasteiger partial charge in [0, 0.05) is 29.3 Å². The Bertz CT molecular complexity index is 889. The maximum absolute atomic E-state index is 5.64. The van der Waals surface area contributed by atoms with Crippen molar-refractivity contribution in [3.63, 3.8) is 0 Å². The summed E-state index contributed by atoms with van der Waals surface area (Å²) in [6, 6.07) is 12.7. The minimum atomic E-state index is 0.311. The van der Waals surface area contributed by atoms with Crippen LogP contribution in [0.1, 0.15) is 26.3 Å². The molecule has 0 saturated heterocycles. The topological polar surface area (TPSA) is 47.0 Å². The van der Waals surface area contributed by atoms with Gasteiger partial charge in [-0.05, 0) is 37.0 Å². The molecule has 3 rings (SSSR count). The third-order valence-corrected chi connectivity index (χ3v) is 4.69. The van der Waals surface area contributed by atoms with E-state index in [0.29, 0.717) is 17.9 Å². The number of nitrogens with zero attached hydrogens (tertiary/aromatic N) is 2. The molecule has 2 aromatic carbocycles. The molecule has 0 saturated carbocycles. The molecule has 0 radical (unpaired) electrons. The molecule has 1 heterocycles. The van der Waals surface area contributed by atoms with Gasteiger partial charge >= 0.3 is 0 Å². The summed E-state index contributed by atoms with van der Waals surface area (Å²) in [5.41, 5.74) is 4.32. The zero-order chi connectivity index (χ0) is 18.0. The van der Waals surface area contributed by atoms with Crippen molar-refractivity contribution in [2.75, 3.05) is 12.4 Å². The Balaban J connectivity index is 2.06. The Hall–Kier alpha value is -2.62. The van der Waals surface area contributed by atoms with E-state index >= 15 is 0 Å². The molecule has 3 aromatic rings. The van der Waals surface area contributed by atoms with E-state index in [4.69, 9.17) is 4.74 Å². The maximum atomic E-state index is 5.64. The third kappa shape index (κ3) is 3.58. The summed E-state index contributed by atoms with van der Waals surface area (Å²) in [4.78, 5) is 9.14. The van der Waals surface area contributed by atoms with Crippen LogP contribution >= 0.6 is 0 Å². The molecule has 1 aromatic heterocycles. The molecule has 0 aliphatic rings. The fourth-order valence-electron chi connectivity index (χ4n) is 2.75. The van der Waals surface area contributed by atoms with Gasteiger partial charge in [-0.25, -0.2) is 9.97 Å². The van der Waals surface area contributed by atoms with E-state index < -0.39 is 0 Å². The van der Waals surface area contributed by atoms with Crippen LogP contribution in [0.5, 0.6) is 5.75 Å². The van der Waals surface area contributed by atoms with Crippen LogP contribution in [-0.4, -0.2) is 23.1 Å². The van der Waals surface area contributed by atoms with Crippen molar-refractivity contribution in [2.45, 2.75) is 33.7 Å². The molecule has 0 unspecified atom stereocenters. The monoisotopic (exact) mass is 335 g/mol. The number of ether oxygens (including phenoxy) is 1. The molecule has 130 valence electrons. The lowest BCUT2D eigenvalue weighted by molar-refractivity contribution is 0.417. The van der Waals surface area contributed by atoms with Crippen molar-refractivity contribution in [1.29, 1.82) is 0 Å². The fourth-order valence-corrected chi connectivity index (χ4v) is 2.75. The highest BCUT2D eigenvalue weighted by Gasteiger charge is 2.13. The second kappa shape index (κ2) is 7.09. The number of aromatic nitrogens is 2. The van der Waals surface area contributed by atoms with E-state index in [9.17, 15) is 0 Å². The number of hydrogen-bond donors (Lipinski definition) is 1. The van der Waals surface area contributed by atoms with Crippen LogP contribution in [-0.2, 0) is 0 Å². The Morgan fingerprint density at radius 3 is 2.48 bits per heavy atom. The van der Waals surface area contributed by atoms with Gasteiger partial charge in [-0.15, -0.1) is 0 Å². The zero-order valence-corrected chi connectivity index (χ0v) is 15.5. The van der Waals surface area contributed by atoms with Gasteiger partial charge in [-0.1, -0.05) is 38.1 Å². The normalized spacial score (nSPS) is 12.4. The maximum Gasteiger partial charge on any atom is 0.223 e. The first-order chi connectivity index (χ1) is 12.0. The lowest BCUT2D eigenvalue weighted by Gasteiger charge is -2.18. The van der Waals surface area contributed by atoms with Crippen LogP contribution in [0, 0.1) is 12.8 Å². The molecule has 4 heteroatoms. The lowest BCUT2D eigenvalue weighted by atomic mass is 9.98. The molecule has 0 aliphatic carbocycles. The summed E-state index contributed by atoms with van der Waals surface area (Å²) in [5, 5.41) is 4.36. The van der Waals surface area contributed by atoms with Gasteiger partial charge < -0.3 is 10.1 Å². The summed E-state index contributed by atoms with van der Waals surface area (Å²) in [5.74, 6) is 1.99. The van der Waals surface area contributed by atoms with E-state index in [-0.39, 0.29) is 0 Å². The second-order valence-corrected chi connectivity index (χ2v) is 6.80. The first-order valence-electron chi connectivity index (χ1n) is 8.67. The van der Waals surface area contributed by atoms with E-state index in [2.05, 4.69) is 61.2 Å². The quantitative estimate of drug-likeness (QED) is 0.707. The minimum Gasteiger partial charge on any atom is -0.496 e. The molecule has 0 fully saturated rings. The van der Waals surface area contributed by atoms with Crippen LogP contribution in [0.3, 0.4) is 0 Å². The van der Waals surface area contributed by atoms with Gasteiger partial charge in [0.2, 0.25) is 5.95 Å². The first kappa shape index (κ1) is 17.2. The van der Waals surface area contributed by atoms with Crippen molar-refractivity contribution in [3.05, 3.63) is 48.2 Å². The zero-order valence-electron chi connectivity index (χ0n) is 15.5. The number of hydrogen-bond acceptors (Lipinski definition) is 4. The van der Waals surface area contributed by atoms with Gasteiger partial charge in [0.05, 0.1) is 12.6 Å². The summed E-state index contributed by atoms with van der Waals surface area (Å²) in [7, 11) is 1.70. The Morgan fingerprint density at radius 1 is 1.04 bits per heavy atom. The van der Waals surface area contributed by atoms with Crippen molar-refractivity contribution in [3.8, 4) is 16.9 Å². The number of anilines is 1. The number of aryl methyl sites for hydroxylation is 1. The molecular weight excluding hydrogens is 310 g/mol. The highest BCUT2D eigenvalue weighted by molar-refractivity contribution is 5.89. The number of rotatable bonds is 5. The molecule has 0 amide bonds. The van der Waals surface area contributed by atoms with Crippen LogP contribution in [0.2, 0.25) is 0 Å². The van der Waals surface area contributed by atoms with Crippen LogP contribution in [0.4, 0.5) is 5.95 Å². The second-order valence-electron chi connectivity index (χ2n) is 6.80. The molecule has 1 atom stereocenters. The highest BCUT2D eigenvalue weighted by atomic mass is 16.5. The van der Waals surface area contributed by atoms with Gasteiger partial charge in [-0.3, -0.25) is 0 Å². The average molecular weight is 335 g/mol. The summed E-state index contributed by atoms with van der Waals surface area (Å²) < 4.78 is 5.64. The van der Waals surface area contributed by atoms with Gasteiger partial charge in [0.25, 0.3) is 0 Å². The molecule has 0 aliphatic heterocycles. The Morgan fingerprint density at radius 2 is 1.80 bits per heavy atom. The molecular formula is C21H25N3O. The Labute approximate surface area is 149 Å². The van der Waals surface area contributed by atoms with Crippen LogP contribution in [0.15, 0.2) is 42.6 Å². The summed E-state index contributed by atoms with van der Waals surface area (Å²) >= 11 is 0. The van der Waals surface area contributed by atoms with Crippen molar-refractivity contribution < 1.29 is 4.74 Å². The lowest BCUT2D eigenvalue weighted by Crippen LogP contribution is -2.22. The average Bonchev–Trinajstić information content (AvgIpc) is 2.61. The first-order valence-corrected chi connectivity index (χ1v) is 8.67. The van der Waals surface area contributed by atoms with E-state index in [1.807, 2.05) is 24.4 Å². The SMILES string of the molecule is COc1cc2nc(N[C@@H](C)C(C)C)ncc2cc1-c1ccccc1C. The van der Waals surface area contributed by atoms with E-state index in [1.165, 1.54) is 5.56 Å². The predicted octanol–water partition coefficient (Wildman–Crippen LogP) is 5.07. The largest absolute Gasteiger partial charge is 0.496 e. The fraction of sp³-hybridized carbons (Fsp3) is 0.333. The summed E-state index contributed by atoms with van der Waals surface area (Å²) in [6.45, 7) is 8.60. The number of fused-ring (bicyclic) bond motifs is 1. The number of methoxy groups -OCH3 is 1. The minimum absolute atomic E-state index is 0.311. The summed E-state index contributed by atoms with van der Waals surface area (Å²) in [6.07, 6.45) is 1.87.